The van der Waals surface area contributed by atoms with Gasteiger partial charge >= 0.3 is 0 Å². The fourth-order valence-corrected chi connectivity index (χ4v) is 4.09. The molecule has 0 aliphatic carbocycles. The van der Waals surface area contributed by atoms with Crippen molar-refractivity contribution in [3.8, 4) is 5.75 Å². The third kappa shape index (κ3) is 4.27. The number of methoxy groups -OCH3 is 1. The number of carbonyl (C=O) groups excluding carboxylic acids is 1. The number of aromatic nitrogens is 3. The van der Waals surface area contributed by atoms with Gasteiger partial charge in [0.25, 0.3) is 5.91 Å². The van der Waals surface area contributed by atoms with Gasteiger partial charge in [-0.3, -0.25) is 9.78 Å². The van der Waals surface area contributed by atoms with Crippen molar-refractivity contribution in [2.75, 3.05) is 48.4 Å². The number of rotatable bonds is 5. The zero-order chi connectivity index (χ0) is 22.6. The largest absolute Gasteiger partial charge is 0.497 e. The monoisotopic (exact) mass is 440 g/mol. The zero-order valence-electron chi connectivity index (χ0n) is 18.3. The van der Waals surface area contributed by atoms with Crippen LogP contribution in [0.1, 0.15) is 10.5 Å². The molecule has 166 valence electrons. The summed E-state index contributed by atoms with van der Waals surface area (Å²) in [6, 6.07) is 19.5. The third-order valence-corrected chi connectivity index (χ3v) is 5.82. The van der Waals surface area contributed by atoms with Gasteiger partial charge in [0.15, 0.2) is 11.5 Å². The normalized spacial score (nSPS) is 13.7. The van der Waals surface area contributed by atoms with Gasteiger partial charge in [0.1, 0.15) is 5.75 Å². The number of amides is 1. The maximum atomic E-state index is 12.9. The highest BCUT2D eigenvalue weighted by atomic mass is 16.5. The molecule has 3 heterocycles. The topological polar surface area (TPSA) is 83.5 Å². The van der Waals surface area contributed by atoms with Crippen molar-refractivity contribution in [3.05, 3.63) is 78.8 Å². The van der Waals surface area contributed by atoms with E-state index in [0.717, 1.165) is 48.5 Å². The molecule has 0 atom stereocenters. The zero-order valence-corrected chi connectivity index (χ0v) is 18.3. The van der Waals surface area contributed by atoms with Crippen LogP contribution in [0.25, 0.3) is 10.8 Å². The standard InChI is InChI=1S/C25H24N6O2/c1-33-20-10-8-19(9-11-20)30-13-15-31(16-14-30)24-22-7-3-2-6-21(22)23(28-29-24)25(32)27-18-5-4-12-26-17-18/h2-12,17H,13-16H2,1H3,(H,27,32). The van der Waals surface area contributed by atoms with Crippen LogP contribution in [0.2, 0.25) is 0 Å². The lowest BCUT2D eigenvalue weighted by Crippen LogP contribution is -2.47. The molecule has 5 rings (SSSR count). The van der Waals surface area contributed by atoms with Crippen LogP contribution in [0, 0.1) is 0 Å². The number of ether oxygens (including phenoxy) is 1. The number of hydrogen-bond donors (Lipinski definition) is 1. The molecule has 0 bridgehead atoms. The van der Waals surface area contributed by atoms with Gasteiger partial charge in [0.05, 0.1) is 19.0 Å². The van der Waals surface area contributed by atoms with Crippen LogP contribution in [0.5, 0.6) is 5.75 Å². The minimum Gasteiger partial charge on any atom is -0.497 e. The number of benzene rings is 2. The molecule has 2 aromatic heterocycles. The molecule has 0 radical (unpaired) electrons. The molecule has 0 unspecified atom stereocenters. The molecule has 8 heteroatoms. The van der Waals surface area contributed by atoms with Gasteiger partial charge in [-0.05, 0) is 36.4 Å². The summed E-state index contributed by atoms with van der Waals surface area (Å²) in [6.07, 6.45) is 3.26. The summed E-state index contributed by atoms with van der Waals surface area (Å²) in [6.45, 7) is 3.36. The maximum Gasteiger partial charge on any atom is 0.276 e. The number of carbonyl (C=O) groups is 1. The Morgan fingerprint density at radius 3 is 2.30 bits per heavy atom. The average molecular weight is 441 g/mol. The van der Waals surface area contributed by atoms with E-state index >= 15 is 0 Å². The van der Waals surface area contributed by atoms with Crippen molar-refractivity contribution in [1.82, 2.24) is 15.2 Å². The fourth-order valence-electron chi connectivity index (χ4n) is 4.09. The number of nitrogens with one attached hydrogen (secondary N) is 1. The lowest BCUT2D eigenvalue weighted by Gasteiger charge is -2.37. The first-order chi connectivity index (χ1) is 16.2. The Morgan fingerprint density at radius 2 is 1.61 bits per heavy atom. The van der Waals surface area contributed by atoms with Gasteiger partial charge in [-0.15, -0.1) is 10.2 Å². The van der Waals surface area contributed by atoms with Crippen molar-refractivity contribution >= 4 is 33.9 Å². The summed E-state index contributed by atoms with van der Waals surface area (Å²) in [5.41, 5.74) is 2.09. The van der Waals surface area contributed by atoms with Crippen LogP contribution in [0.4, 0.5) is 17.2 Å². The van der Waals surface area contributed by atoms with Gasteiger partial charge in [-0.1, -0.05) is 24.3 Å². The SMILES string of the molecule is COc1ccc(N2CCN(c3nnc(C(=O)Nc4cccnc4)c4ccccc34)CC2)cc1. The molecule has 1 N–H and O–H groups in total. The number of pyridine rings is 1. The fraction of sp³-hybridized carbons (Fsp3) is 0.200. The van der Waals surface area contributed by atoms with E-state index in [-0.39, 0.29) is 5.91 Å². The molecule has 1 saturated heterocycles. The van der Waals surface area contributed by atoms with Crippen LogP contribution in [-0.2, 0) is 0 Å². The minimum atomic E-state index is -0.303. The molecule has 2 aromatic carbocycles. The molecule has 1 aliphatic rings. The quantitative estimate of drug-likeness (QED) is 0.508. The van der Waals surface area contributed by atoms with E-state index < -0.39 is 0 Å². The van der Waals surface area contributed by atoms with Crippen LogP contribution >= 0.6 is 0 Å². The van der Waals surface area contributed by atoms with Gasteiger partial charge in [-0.2, -0.15) is 0 Å². The van der Waals surface area contributed by atoms with Gasteiger partial charge in [0.2, 0.25) is 0 Å². The highest BCUT2D eigenvalue weighted by Gasteiger charge is 2.23. The van der Waals surface area contributed by atoms with Gasteiger partial charge in [0, 0.05) is 48.8 Å². The van der Waals surface area contributed by atoms with Crippen molar-refractivity contribution < 1.29 is 9.53 Å². The predicted octanol–water partition coefficient (Wildman–Crippen LogP) is 3.61. The molecule has 1 amide bonds. The van der Waals surface area contributed by atoms with Crippen molar-refractivity contribution in [1.29, 1.82) is 0 Å². The van der Waals surface area contributed by atoms with E-state index in [2.05, 4.69) is 42.4 Å². The lowest BCUT2D eigenvalue weighted by atomic mass is 10.1. The molecule has 1 fully saturated rings. The number of piperazine rings is 1. The molecule has 0 spiro atoms. The molecule has 33 heavy (non-hydrogen) atoms. The first-order valence-electron chi connectivity index (χ1n) is 10.8. The maximum absolute atomic E-state index is 12.9. The molecule has 0 saturated carbocycles. The van der Waals surface area contributed by atoms with Crippen LogP contribution in [-0.4, -0.2) is 54.4 Å². The number of fused-ring (bicyclic) bond motifs is 1. The Hall–Kier alpha value is -4.20. The predicted molar refractivity (Wildman–Crippen MR) is 129 cm³/mol. The Kier molecular flexibility index (Phi) is 5.72. The van der Waals surface area contributed by atoms with E-state index in [9.17, 15) is 4.79 Å². The minimum absolute atomic E-state index is 0.301. The van der Waals surface area contributed by atoms with Crippen LogP contribution < -0.4 is 19.9 Å². The van der Waals surface area contributed by atoms with E-state index in [1.807, 2.05) is 36.4 Å². The Bertz CT molecular complexity index is 1260. The first-order valence-corrected chi connectivity index (χ1v) is 10.8. The Morgan fingerprint density at radius 1 is 0.879 bits per heavy atom. The van der Waals surface area contributed by atoms with Gasteiger partial charge in [-0.25, -0.2) is 0 Å². The van der Waals surface area contributed by atoms with E-state index in [4.69, 9.17) is 4.74 Å². The summed E-state index contributed by atoms with van der Waals surface area (Å²) in [5, 5.41) is 13.3. The van der Waals surface area contributed by atoms with Crippen molar-refractivity contribution in [2.24, 2.45) is 0 Å². The van der Waals surface area contributed by atoms with Gasteiger partial charge < -0.3 is 19.9 Å². The summed E-state index contributed by atoms with van der Waals surface area (Å²) >= 11 is 0. The van der Waals surface area contributed by atoms with E-state index in [0.29, 0.717) is 11.4 Å². The first kappa shape index (κ1) is 20.7. The second kappa shape index (κ2) is 9.12. The Balaban J connectivity index is 1.36. The molecule has 1 aliphatic heterocycles. The second-order valence-electron chi connectivity index (χ2n) is 7.79. The third-order valence-electron chi connectivity index (χ3n) is 5.82. The average Bonchev–Trinajstić information content (AvgIpc) is 2.89. The number of nitrogens with zero attached hydrogens (tertiary/aromatic N) is 5. The lowest BCUT2D eigenvalue weighted by molar-refractivity contribution is 0.102. The smallest absolute Gasteiger partial charge is 0.276 e. The summed E-state index contributed by atoms with van der Waals surface area (Å²) in [5.74, 6) is 1.35. The highest BCUT2D eigenvalue weighted by Crippen LogP contribution is 2.28. The number of anilines is 3. The highest BCUT2D eigenvalue weighted by molar-refractivity contribution is 6.12. The summed E-state index contributed by atoms with van der Waals surface area (Å²) in [7, 11) is 1.67. The summed E-state index contributed by atoms with van der Waals surface area (Å²) < 4.78 is 5.26. The van der Waals surface area contributed by atoms with Crippen LogP contribution in [0.3, 0.4) is 0 Å². The molecule has 8 nitrogen and oxygen atoms in total. The van der Waals surface area contributed by atoms with E-state index in [1.54, 1.807) is 31.6 Å². The second-order valence-corrected chi connectivity index (χ2v) is 7.79. The van der Waals surface area contributed by atoms with Crippen molar-refractivity contribution in [2.45, 2.75) is 0 Å². The molecular formula is C25H24N6O2. The summed E-state index contributed by atoms with van der Waals surface area (Å²) in [4.78, 5) is 21.5. The van der Waals surface area contributed by atoms with E-state index in [1.165, 1.54) is 5.69 Å². The number of hydrogen-bond acceptors (Lipinski definition) is 7. The molecule has 4 aromatic rings. The Labute approximate surface area is 191 Å². The molecular weight excluding hydrogens is 416 g/mol. The van der Waals surface area contributed by atoms with Crippen molar-refractivity contribution in [3.63, 3.8) is 0 Å². The van der Waals surface area contributed by atoms with Crippen LogP contribution in [0.15, 0.2) is 73.1 Å².